The minimum absolute atomic E-state index is 0.0430. The minimum atomic E-state index is -0.0430. The van der Waals surface area contributed by atoms with Gasteiger partial charge in [-0.05, 0) is 31.3 Å². The van der Waals surface area contributed by atoms with Gasteiger partial charge in [0.1, 0.15) is 11.0 Å². The number of thiocarbonyl (C=S) groups is 1. The molecule has 1 saturated heterocycles. The Morgan fingerprint density at radius 1 is 1.22 bits per heavy atom. The number of hydrogen-bond acceptors (Lipinski definition) is 5. The van der Waals surface area contributed by atoms with Crippen LogP contribution in [0.15, 0.2) is 52.1 Å². The Labute approximate surface area is 145 Å². The lowest BCUT2D eigenvalue weighted by Crippen LogP contribution is -2.47. The zero-order valence-corrected chi connectivity index (χ0v) is 14.6. The van der Waals surface area contributed by atoms with Crippen molar-refractivity contribution in [3.8, 4) is 0 Å². The van der Waals surface area contributed by atoms with E-state index in [1.807, 2.05) is 18.4 Å². The Hall–Kier alpha value is -1.86. The number of hydrogen-bond donors (Lipinski definition) is 0. The van der Waals surface area contributed by atoms with Crippen molar-refractivity contribution in [2.45, 2.75) is 13.0 Å². The molecule has 1 aromatic carbocycles. The van der Waals surface area contributed by atoms with Gasteiger partial charge in [-0.25, -0.2) is 4.98 Å². The molecule has 1 atom stereocenters. The van der Waals surface area contributed by atoms with Gasteiger partial charge in [0, 0.05) is 43.4 Å². The van der Waals surface area contributed by atoms with Crippen LogP contribution in [-0.4, -0.2) is 41.2 Å². The second-order valence-electron chi connectivity index (χ2n) is 5.35. The molecular formula is C16H19N5S2. The summed E-state index contributed by atoms with van der Waals surface area (Å²) in [4.78, 5) is 8.74. The average molecular weight is 345 g/mol. The molecule has 1 fully saturated rings. The number of piperazine rings is 1. The largest absolute Gasteiger partial charge is 0.368 e. The summed E-state index contributed by atoms with van der Waals surface area (Å²) in [6, 6.07) is 10.4. The smallest absolute Gasteiger partial charge is 0.216 e. The third-order valence-electron chi connectivity index (χ3n) is 3.80. The van der Waals surface area contributed by atoms with Crippen molar-refractivity contribution in [2.24, 2.45) is 10.2 Å². The van der Waals surface area contributed by atoms with Crippen molar-refractivity contribution in [3.05, 3.63) is 46.9 Å². The third kappa shape index (κ3) is 4.11. The summed E-state index contributed by atoms with van der Waals surface area (Å²) in [6.45, 7) is 5.62. The standard InChI is InChI=1S/C16H19N5S2/c1-13(15-17-7-12-23-15)18-19-16(22)21-10-8-20(9-11-21)14-5-3-2-4-6-14/h2-7,12-13H,8-11H2,1H3. The first-order valence-corrected chi connectivity index (χ1v) is 8.92. The molecule has 0 N–H and O–H groups in total. The van der Waals surface area contributed by atoms with Crippen LogP contribution >= 0.6 is 23.6 Å². The van der Waals surface area contributed by atoms with E-state index in [2.05, 4.69) is 49.3 Å². The first kappa shape index (κ1) is 16.0. The number of anilines is 1. The molecule has 0 radical (unpaired) electrons. The van der Waals surface area contributed by atoms with Crippen LogP contribution in [0.1, 0.15) is 18.0 Å². The molecule has 0 bridgehead atoms. The predicted molar refractivity (Wildman–Crippen MR) is 98.2 cm³/mol. The van der Waals surface area contributed by atoms with E-state index in [9.17, 15) is 0 Å². The summed E-state index contributed by atoms with van der Waals surface area (Å²) < 4.78 is 0. The Balaban J connectivity index is 1.52. The highest BCUT2D eigenvalue weighted by Crippen LogP contribution is 2.20. The van der Waals surface area contributed by atoms with Gasteiger partial charge >= 0.3 is 0 Å². The highest BCUT2D eigenvalue weighted by Gasteiger charge is 2.19. The fraction of sp³-hybridized carbons (Fsp3) is 0.375. The zero-order chi connectivity index (χ0) is 16.1. The van der Waals surface area contributed by atoms with Crippen LogP contribution in [-0.2, 0) is 0 Å². The quantitative estimate of drug-likeness (QED) is 0.627. The lowest BCUT2D eigenvalue weighted by atomic mass is 10.2. The van der Waals surface area contributed by atoms with Crippen molar-refractivity contribution >= 4 is 34.4 Å². The number of azo groups is 1. The number of para-hydroxylation sites is 1. The summed E-state index contributed by atoms with van der Waals surface area (Å²) in [5, 5.41) is 12.0. The lowest BCUT2D eigenvalue weighted by molar-refractivity contribution is 0.386. The number of thiazole rings is 1. The van der Waals surface area contributed by atoms with Crippen LogP contribution in [0.3, 0.4) is 0 Å². The maximum Gasteiger partial charge on any atom is 0.216 e. The van der Waals surface area contributed by atoms with Crippen molar-refractivity contribution in [2.75, 3.05) is 31.1 Å². The summed E-state index contributed by atoms with van der Waals surface area (Å²) in [7, 11) is 0. The van der Waals surface area contributed by atoms with E-state index in [4.69, 9.17) is 12.2 Å². The van der Waals surface area contributed by atoms with Crippen molar-refractivity contribution in [1.82, 2.24) is 9.88 Å². The highest BCUT2D eigenvalue weighted by atomic mass is 32.1. The maximum atomic E-state index is 5.41. The van der Waals surface area contributed by atoms with Crippen molar-refractivity contribution < 1.29 is 0 Å². The van der Waals surface area contributed by atoms with Gasteiger partial charge in [0.25, 0.3) is 0 Å². The topological polar surface area (TPSA) is 44.1 Å². The summed E-state index contributed by atoms with van der Waals surface area (Å²) >= 11 is 6.99. The van der Waals surface area contributed by atoms with Gasteiger partial charge in [0.15, 0.2) is 0 Å². The molecule has 1 aromatic heterocycles. The molecule has 3 rings (SSSR count). The zero-order valence-electron chi connectivity index (χ0n) is 13.0. The molecule has 0 aliphatic carbocycles. The predicted octanol–water partition coefficient (Wildman–Crippen LogP) is 3.76. The molecule has 5 nitrogen and oxygen atoms in total. The summed E-state index contributed by atoms with van der Waals surface area (Å²) in [5.41, 5.74) is 1.26. The number of aromatic nitrogens is 1. The Bertz CT molecular complexity index is 648. The molecule has 120 valence electrons. The normalized spacial score (nSPS) is 16.7. The van der Waals surface area contributed by atoms with Crippen LogP contribution in [0.4, 0.5) is 5.69 Å². The summed E-state index contributed by atoms with van der Waals surface area (Å²) in [5.74, 6) is 0. The maximum absolute atomic E-state index is 5.41. The molecule has 1 aliphatic rings. The molecular weight excluding hydrogens is 326 g/mol. The molecule has 2 aromatic rings. The van der Waals surface area contributed by atoms with Crippen molar-refractivity contribution in [1.29, 1.82) is 0 Å². The molecule has 2 heterocycles. The van der Waals surface area contributed by atoms with Gasteiger partial charge in [-0.3, -0.25) is 0 Å². The third-order valence-corrected chi connectivity index (χ3v) is 5.08. The molecule has 23 heavy (non-hydrogen) atoms. The molecule has 7 heteroatoms. The van der Waals surface area contributed by atoms with Crippen LogP contribution in [0.5, 0.6) is 0 Å². The Morgan fingerprint density at radius 3 is 2.61 bits per heavy atom. The number of benzene rings is 1. The van der Waals surface area contributed by atoms with Crippen LogP contribution in [0.25, 0.3) is 0 Å². The van der Waals surface area contributed by atoms with Crippen molar-refractivity contribution in [3.63, 3.8) is 0 Å². The number of rotatable bonds is 3. The fourth-order valence-electron chi connectivity index (χ4n) is 2.48. The monoisotopic (exact) mass is 345 g/mol. The SMILES string of the molecule is CC(N=NC(=S)N1CCN(c2ccccc2)CC1)c1nccs1. The molecule has 1 aliphatic heterocycles. The molecule has 1 unspecified atom stereocenters. The van der Waals surface area contributed by atoms with Gasteiger partial charge in [0.2, 0.25) is 5.11 Å². The van der Waals surface area contributed by atoms with Crippen LogP contribution < -0.4 is 4.90 Å². The van der Waals surface area contributed by atoms with Crippen LogP contribution in [0, 0.1) is 0 Å². The Morgan fingerprint density at radius 2 is 1.96 bits per heavy atom. The van der Waals surface area contributed by atoms with Gasteiger partial charge in [-0.2, -0.15) is 5.11 Å². The second-order valence-corrected chi connectivity index (χ2v) is 6.65. The fourth-order valence-corrected chi connectivity index (χ4v) is 3.34. The van der Waals surface area contributed by atoms with E-state index in [1.165, 1.54) is 5.69 Å². The average Bonchev–Trinajstić information content (AvgIpc) is 3.15. The highest BCUT2D eigenvalue weighted by molar-refractivity contribution is 7.80. The lowest BCUT2D eigenvalue weighted by Gasteiger charge is -2.36. The van der Waals surface area contributed by atoms with Gasteiger partial charge in [0.05, 0.1) is 0 Å². The number of nitrogens with zero attached hydrogens (tertiary/aromatic N) is 5. The first-order chi connectivity index (χ1) is 11.2. The van der Waals surface area contributed by atoms with E-state index < -0.39 is 0 Å². The summed E-state index contributed by atoms with van der Waals surface area (Å²) in [6.07, 6.45) is 1.78. The molecule has 0 spiro atoms. The molecule has 0 amide bonds. The second kappa shape index (κ2) is 7.61. The van der Waals surface area contributed by atoms with Crippen LogP contribution in [0.2, 0.25) is 0 Å². The van der Waals surface area contributed by atoms with E-state index in [0.29, 0.717) is 5.11 Å². The van der Waals surface area contributed by atoms with E-state index in [0.717, 1.165) is 31.2 Å². The van der Waals surface area contributed by atoms with E-state index in [1.54, 1.807) is 17.5 Å². The van der Waals surface area contributed by atoms with E-state index in [-0.39, 0.29) is 6.04 Å². The van der Waals surface area contributed by atoms with Gasteiger partial charge < -0.3 is 9.80 Å². The van der Waals surface area contributed by atoms with Gasteiger partial charge in [-0.1, -0.05) is 18.2 Å². The first-order valence-electron chi connectivity index (χ1n) is 7.63. The Kier molecular flexibility index (Phi) is 5.30. The molecule has 0 saturated carbocycles. The van der Waals surface area contributed by atoms with Gasteiger partial charge in [-0.15, -0.1) is 16.5 Å². The van der Waals surface area contributed by atoms with E-state index >= 15 is 0 Å². The minimum Gasteiger partial charge on any atom is -0.368 e.